The van der Waals surface area contributed by atoms with E-state index in [1.807, 2.05) is 0 Å². The SMILES string of the molecule is CCC1CCC(c2ccc(C(F)(F)Oc3ccccc3-c3ccc(C(F)(F)F)c(F)c3)cc2)CC1. The molecule has 0 aromatic heterocycles. The monoisotopic (exact) mass is 492 g/mol. The van der Waals surface area contributed by atoms with Crippen molar-refractivity contribution in [3.8, 4) is 16.9 Å². The van der Waals surface area contributed by atoms with Crippen molar-refractivity contribution in [2.24, 2.45) is 5.92 Å². The molecule has 0 heterocycles. The molecule has 7 heteroatoms. The molecule has 1 aliphatic carbocycles. The zero-order chi connectivity index (χ0) is 25.2. The van der Waals surface area contributed by atoms with Crippen LogP contribution in [0.4, 0.5) is 26.3 Å². The first kappa shape index (κ1) is 25.1. The largest absolute Gasteiger partial charge is 0.428 e. The molecular formula is C28H26F6O. The molecule has 0 bridgehead atoms. The van der Waals surface area contributed by atoms with Crippen LogP contribution in [0.1, 0.15) is 61.6 Å². The Bertz CT molecular complexity index is 1140. The summed E-state index contributed by atoms with van der Waals surface area (Å²) in [5.41, 5.74) is -0.672. The van der Waals surface area contributed by atoms with Gasteiger partial charge < -0.3 is 4.74 Å². The number of hydrogen-bond acceptors (Lipinski definition) is 1. The summed E-state index contributed by atoms with van der Waals surface area (Å²) in [5.74, 6) is -0.656. The van der Waals surface area contributed by atoms with Crippen molar-refractivity contribution >= 4 is 0 Å². The maximum absolute atomic E-state index is 15.1. The van der Waals surface area contributed by atoms with Crippen LogP contribution in [0.25, 0.3) is 11.1 Å². The average molecular weight is 493 g/mol. The molecule has 3 aromatic carbocycles. The first-order valence-corrected chi connectivity index (χ1v) is 11.7. The molecule has 0 spiro atoms. The number of benzene rings is 3. The van der Waals surface area contributed by atoms with E-state index in [0.717, 1.165) is 49.7 Å². The summed E-state index contributed by atoms with van der Waals surface area (Å²) in [5, 5.41) is 0. The maximum atomic E-state index is 15.1. The van der Waals surface area contributed by atoms with Crippen molar-refractivity contribution in [1.82, 2.24) is 0 Å². The fraction of sp³-hybridized carbons (Fsp3) is 0.357. The third-order valence-electron chi connectivity index (χ3n) is 6.85. The Labute approximate surface area is 200 Å². The van der Waals surface area contributed by atoms with Crippen LogP contribution < -0.4 is 4.74 Å². The van der Waals surface area contributed by atoms with Gasteiger partial charge in [-0.1, -0.05) is 49.7 Å². The lowest BCUT2D eigenvalue weighted by molar-refractivity contribution is -0.185. The van der Waals surface area contributed by atoms with Gasteiger partial charge in [0.2, 0.25) is 0 Å². The third-order valence-corrected chi connectivity index (χ3v) is 6.85. The Morgan fingerprint density at radius 1 is 0.829 bits per heavy atom. The van der Waals surface area contributed by atoms with Crippen molar-refractivity contribution in [2.75, 3.05) is 0 Å². The van der Waals surface area contributed by atoms with Crippen LogP contribution in [0, 0.1) is 11.7 Å². The van der Waals surface area contributed by atoms with Crippen molar-refractivity contribution in [2.45, 2.75) is 57.2 Å². The van der Waals surface area contributed by atoms with Gasteiger partial charge in [0.15, 0.2) is 0 Å². The van der Waals surface area contributed by atoms with E-state index in [9.17, 15) is 17.6 Å². The number of halogens is 6. The molecule has 1 nitrogen and oxygen atoms in total. The molecule has 0 saturated heterocycles. The molecule has 186 valence electrons. The van der Waals surface area contributed by atoms with Gasteiger partial charge >= 0.3 is 12.3 Å². The Balaban J connectivity index is 1.54. The zero-order valence-electron chi connectivity index (χ0n) is 19.2. The van der Waals surface area contributed by atoms with E-state index < -0.39 is 23.7 Å². The molecule has 0 radical (unpaired) electrons. The van der Waals surface area contributed by atoms with E-state index in [1.54, 1.807) is 12.1 Å². The first-order chi connectivity index (χ1) is 16.6. The van der Waals surface area contributed by atoms with Gasteiger partial charge in [-0.3, -0.25) is 0 Å². The highest BCUT2D eigenvalue weighted by atomic mass is 19.4. The molecular weight excluding hydrogens is 466 g/mol. The van der Waals surface area contributed by atoms with Gasteiger partial charge in [-0.2, -0.15) is 22.0 Å². The Morgan fingerprint density at radius 3 is 2.09 bits per heavy atom. The summed E-state index contributed by atoms with van der Waals surface area (Å²) < 4.78 is 87.9. The first-order valence-electron chi connectivity index (χ1n) is 11.7. The van der Waals surface area contributed by atoms with E-state index in [0.29, 0.717) is 18.1 Å². The van der Waals surface area contributed by atoms with Gasteiger partial charge in [0, 0.05) is 5.56 Å². The normalized spacial score (nSPS) is 18.9. The zero-order valence-corrected chi connectivity index (χ0v) is 19.2. The Morgan fingerprint density at radius 2 is 1.49 bits per heavy atom. The molecule has 1 aliphatic rings. The minimum Gasteiger partial charge on any atom is -0.428 e. The standard InChI is InChI=1S/C28H26F6O/c1-2-18-7-9-19(10-8-18)20-11-14-22(15-12-20)28(33,34)35-26-6-4-3-5-23(26)21-13-16-24(25(29)17-21)27(30,31)32/h3-6,11-19H,2,7-10H2,1H3. The molecule has 1 fully saturated rings. The molecule has 0 unspecified atom stereocenters. The van der Waals surface area contributed by atoms with Crippen LogP contribution in [0.5, 0.6) is 5.75 Å². The third kappa shape index (κ3) is 5.65. The molecule has 0 atom stereocenters. The van der Waals surface area contributed by atoms with Gasteiger partial charge in [0.1, 0.15) is 11.6 Å². The van der Waals surface area contributed by atoms with Gasteiger partial charge in [-0.05, 0) is 79.0 Å². The summed E-state index contributed by atoms with van der Waals surface area (Å²) in [4.78, 5) is 0. The summed E-state index contributed by atoms with van der Waals surface area (Å²) in [6.45, 7) is 2.19. The van der Waals surface area contributed by atoms with Crippen molar-refractivity contribution in [3.05, 3.63) is 89.2 Å². The smallest absolute Gasteiger partial charge is 0.426 e. The second-order valence-electron chi connectivity index (χ2n) is 9.06. The van der Waals surface area contributed by atoms with Crippen molar-refractivity contribution in [1.29, 1.82) is 0 Å². The number of alkyl halides is 5. The quantitative estimate of drug-likeness (QED) is 0.312. The molecule has 0 N–H and O–H groups in total. The molecule has 3 aromatic rings. The summed E-state index contributed by atoms with van der Waals surface area (Å²) in [6.07, 6.45) is -3.02. The van der Waals surface area contributed by atoms with Crippen molar-refractivity contribution < 1.29 is 31.1 Å². The Hall–Kier alpha value is -2.96. The lowest BCUT2D eigenvalue weighted by atomic mass is 9.78. The van der Waals surface area contributed by atoms with E-state index >= 15 is 8.78 Å². The summed E-state index contributed by atoms with van der Waals surface area (Å²) >= 11 is 0. The molecule has 4 rings (SSSR count). The summed E-state index contributed by atoms with van der Waals surface area (Å²) in [6, 6.07) is 14.1. The van der Waals surface area contributed by atoms with Gasteiger partial charge in [-0.25, -0.2) is 4.39 Å². The van der Waals surface area contributed by atoms with Crippen LogP contribution in [-0.2, 0) is 12.3 Å². The van der Waals surface area contributed by atoms with Gasteiger partial charge in [0.25, 0.3) is 0 Å². The second-order valence-corrected chi connectivity index (χ2v) is 9.06. The predicted octanol–water partition coefficient (Wildman–Crippen LogP) is 9.32. The number of para-hydroxylation sites is 1. The van der Waals surface area contributed by atoms with Crippen LogP contribution in [0.2, 0.25) is 0 Å². The summed E-state index contributed by atoms with van der Waals surface area (Å²) in [7, 11) is 0. The number of rotatable bonds is 6. The highest BCUT2D eigenvalue weighted by Gasteiger charge is 2.36. The molecule has 0 amide bonds. The highest BCUT2D eigenvalue weighted by molar-refractivity contribution is 5.70. The minimum atomic E-state index is -4.85. The lowest BCUT2D eigenvalue weighted by Gasteiger charge is -2.28. The molecule has 0 aliphatic heterocycles. The topological polar surface area (TPSA) is 9.23 Å². The fourth-order valence-electron chi connectivity index (χ4n) is 4.76. The van der Waals surface area contributed by atoms with Crippen molar-refractivity contribution in [3.63, 3.8) is 0 Å². The van der Waals surface area contributed by atoms with E-state index in [1.165, 1.54) is 36.4 Å². The molecule has 35 heavy (non-hydrogen) atoms. The maximum Gasteiger partial charge on any atom is 0.426 e. The number of ether oxygens (including phenoxy) is 1. The van der Waals surface area contributed by atoms with Crippen LogP contribution in [-0.4, -0.2) is 0 Å². The Kier molecular flexibility index (Phi) is 7.15. The van der Waals surface area contributed by atoms with Crippen LogP contribution >= 0.6 is 0 Å². The fourth-order valence-corrected chi connectivity index (χ4v) is 4.76. The van der Waals surface area contributed by atoms with Gasteiger partial charge in [0.05, 0.1) is 11.1 Å². The lowest BCUT2D eigenvalue weighted by Crippen LogP contribution is -2.22. The van der Waals surface area contributed by atoms with E-state index in [4.69, 9.17) is 4.74 Å². The predicted molar refractivity (Wildman–Crippen MR) is 123 cm³/mol. The average Bonchev–Trinajstić information content (AvgIpc) is 2.83. The second kappa shape index (κ2) is 9.96. The number of hydrogen-bond donors (Lipinski definition) is 0. The van der Waals surface area contributed by atoms with Crippen LogP contribution in [0.15, 0.2) is 66.7 Å². The minimum absolute atomic E-state index is 0.0000649. The van der Waals surface area contributed by atoms with E-state index in [2.05, 4.69) is 6.92 Å². The van der Waals surface area contributed by atoms with Gasteiger partial charge in [-0.15, -0.1) is 0 Å². The van der Waals surface area contributed by atoms with Crippen LogP contribution in [0.3, 0.4) is 0 Å². The van der Waals surface area contributed by atoms with E-state index in [-0.39, 0.29) is 22.4 Å². The highest BCUT2D eigenvalue weighted by Crippen LogP contribution is 2.41. The molecule has 1 saturated carbocycles.